The molecule has 98 valence electrons. The first kappa shape index (κ1) is 12.7. The molecular weight excluding hydrogens is 216 g/mol. The van der Waals surface area contributed by atoms with Gasteiger partial charge in [-0.15, -0.1) is 0 Å². The van der Waals surface area contributed by atoms with Gasteiger partial charge in [0, 0.05) is 12.6 Å². The maximum atomic E-state index is 11.8. The summed E-state index contributed by atoms with van der Waals surface area (Å²) < 4.78 is 5.56. The third-order valence-electron chi connectivity index (χ3n) is 3.82. The normalized spacial score (nSPS) is 27.7. The average Bonchev–Trinajstić information content (AvgIpc) is 2.83. The highest BCUT2D eigenvalue weighted by molar-refractivity contribution is 5.74. The summed E-state index contributed by atoms with van der Waals surface area (Å²) in [4.78, 5) is 11.8. The van der Waals surface area contributed by atoms with E-state index >= 15 is 0 Å². The van der Waals surface area contributed by atoms with Gasteiger partial charge in [-0.25, -0.2) is 4.79 Å². The van der Waals surface area contributed by atoms with Crippen LogP contribution in [0.2, 0.25) is 0 Å². The molecule has 2 N–H and O–H groups in total. The van der Waals surface area contributed by atoms with Gasteiger partial charge in [0.25, 0.3) is 0 Å². The molecule has 0 spiro atoms. The van der Waals surface area contributed by atoms with Gasteiger partial charge in [0.1, 0.15) is 0 Å². The topological polar surface area (TPSA) is 50.4 Å². The molecule has 2 amide bonds. The smallest absolute Gasteiger partial charge is 0.315 e. The van der Waals surface area contributed by atoms with Crippen LogP contribution in [0, 0.1) is 0 Å². The van der Waals surface area contributed by atoms with Crippen LogP contribution >= 0.6 is 0 Å². The SMILES string of the molecule is CC(NC(=O)NC1CCCCC1)C1CCCO1. The second-order valence-corrected chi connectivity index (χ2v) is 5.29. The molecule has 4 nitrogen and oxygen atoms in total. The van der Waals surface area contributed by atoms with Crippen LogP contribution in [0.1, 0.15) is 51.9 Å². The van der Waals surface area contributed by atoms with E-state index in [1.807, 2.05) is 6.92 Å². The van der Waals surface area contributed by atoms with Crippen LogP contribution < -0.4 is 10.6 Å². The number of rotatable bonds is 3. The molecule has 4 heteroatoms. The Morgan fingerprint density at radius 3 is 2.59 bits per heavy atom. The van der Waals surface area contributed by atoms with Crippen molar-refractivity contribution in [3.8, 4) is 0 Å². The second kappa shape index (κ2) is 6.24. The predicted molar refractivity (Wildman–Crippen MR) is 67.0 cm³/mol. The number of urea groups is 1. The lowest BCUT2D eigenvalue weighted by Gasteiger charge is -2.25. The van der Waals surface area contributed by atoms with Gasteiger partial charge in [0.2, 0.25) is 0 Å². The number of nitrogens with one attached hydrogen (secondary N) is 2. The van der Waals surface area contributed by atoms with E-state index in [1.165, 1.54) is 19.3 Å². The van der Waals surface area contributed by atoms with Crippen molar-refractivity contribution in [1.29, 1.82) is 0 Å². The van der Waals surface area contributed by atoms with Gasteiger partial charge in [0.15, 0.2) is 0 Å². The van der Waals surface area contributed by atoms with Crippen LogP contribution in [0.4, 0.5) is 4.79 Å². The van der Waals surface area contributed by atoms with E-state index in [4.69, 9.17) is 4.74 Å². The fourth-order valence-corrected chi connectivity index (χ4v) is 2.77. The van der Waals surface area contributed by atoms with Crippen molar-refractivity contribution < 1.29 is 9.53 Å². The Morgan fingerprint density at radius 1 is 1.18 bits per heavy atom. The van der Waals surface area contributed by atoms with E-state index in [0.29, 0.717) is 6.04 Å². The molecule has 0 aromatic rings. The Kier molecular flexibility index (Phi) is 4.66. The minimum absolute atomic E-state index is 0.0279. The largest absolute Gasteiger partial charge is 0.376 e. The van der Waals surface area contributed by atoms with Crippen molar-refractivity contribution in [1.82, 2.24) is 10.6 Å². The summed E-state index contributed by atoms with van der Waals surface area (Å²) in [6, 6.07) is 0.460. The van der Waals surface area contributed by atoms with Crippen molar-refractivity contribution in [3.05, 3.63) is 0 Å². The lowest BCUT2D eigenvalue weighted by Crippen LogP contribution is -2.49. The average molecular weight is 240 g/mol. The predicted octanol–water partition coefficient (Wildman–Crippen LogP) is 2.19. The van der Waals surface area contributed by atoms with Crippen LogP contribution in [0.3, 0.4) is 0 Å². The zero-order chi connectivity index (χ0) is 12.1. The maximum Gasteiger partial charge on any atom is 0.315 e. The molecule has 2 aliphatic rings. The van der Waals surface area contributed by atoms with Gasteiger partial charge in [0.05, 0.1) is 12.1 Å². The highest BCUT2D eigenvalue weighted by atomic mass is 16.5. The summed E-state index contributed by atoms with van der Waals surface area (Å²) >= 11 is 0. The monoisotopic (exact) mass is 240 g/mol. The molecule has 1 saturated heterocycles. The highest BCUT2D eigenvalue weighted by Crippen LogP contribution is 2.18. The van der Waals surface area contributed by atoms with Crippen molar-refractivity contribution in [3.63, 3.8) is 0 Å². The Labute approximate surface area is 103 Å². The standard InChI is InChI=1S/C13H24N2O2/c1-10(12-8-5-9-17-12)14-13(16)15-11-6-3-2-4-7-11/h10-12H,2-9H2,1H3,(H2,14,15,16). The molecule has 2 fully saturated rings. The molecule has 2 atom stereocenters. The second-order valence-electron chi connectivity index (χ2n) is 5.29. The minimum atomic E-state index is -0.0279. The maximum absolute atomic E-state index is 11.8. The molecule has 2 unspecified atom stereocenters. The number of hydrogen-bond acceptors (Lipinski definition) is 2. The Hall–Kier alpha value is -0.770. The molecule has 0 aromatic carbocycles. The van der Waals surface area contributed by atoms with Gasteiger partial charge in [-0.3, -0.25) is 0 Å². The molecule has 1 aliphatic carbocycles. The lowest BCUT2D eigenvalue weighted by atomic mass is 9.96. The molecule has 1 saturated carbocycles. The molecule has 17 heavy (non-hydrogen) atoms. The summed E-state index contributed by atoms with van der Waals surface area (Å²) in [6.45, 7) is 2.86. The van der Waals surface area contributed by atoms with E-state index < -0.39 is 0 Å². The van der Waals surface area contributed by atoms with E-state index in [2.05, 4.69) is 10.6 Å². The van der Waals surface area contributed by atoms with Gasteiger partial charge < -0.3 is 15.4 Å². The first-order valence-electron chi connectivity index (χ1n) is 6.94. The van der Waals surface area contributed by atoms with E-state index in [1.54, 1.807) is 0 Å². The van der Waals surface area contributed by atoms with Gasteiger partial charge >= 0.3 is 6.03 Å². The Balaban J connectivity index is 1.68. The molecule has 0 radical (unpaired) electrons. The summed E-state index contributed by atoms with van der Waals surface area (Å²) in [5, 5.41) is 6.06. The summed E-state index contributed by atoms with van der Waals surface area (Å²) in [5.74, 6) is 0. The highest BCUT2D eigenvalue weighted by Gasteiger charge is 2.24. The molecule has 1 heterocycles. The first-order chi connectivity index (χ1) is 8.25. The summed E-state index contributed by atoms with van der Waals surface area (Å²) in [7, 11) is 0. The Bertz CT molecular complexity index is 246. The third kappa shape index (κ3) is 3.87. The molecular formula is C13H24N2O2. The number of carbonyl (C=O) groups is 1. The summed E-state index contributed by atoms with van der Waals surface area (Å²) in [5.41, 5.74) is 0. The van der Waals surface area contributed by atoms with Crippen molar-refractivity contribution in [2.45, 2.75) is 70.1 Å². The van der Waals surface area contributed by atoms with Crippen LogP contribution in [0.5, 0.6) is 0 Å². The molecule has 1 aliphatic heterocycles. The zero-order valence-electron chi connectivity index (χ0n) is 10.7. The van der Waals surface area contributed by atoms with Gasteiger partial charge in [-0.2, -0.15) is 0 Å². The van der Waals surface area contributed by atoms with Crippen LogP contribution in [-0.2, 0) is 4.74 Å². The molecule has 0 bridgehead atoms. The molecule has 2 rings (SSSR count). The zero-order valence-corrected chi connectivity index (χ0v) is 10.7. The fourth-order valence-electron chi connectivity index (χ4n) is 2.77. The number of hydrogen-bond donors (Lipinski definition) is 2. The van der Waals surface area contributed by atoms with Crippen LogP contribution in [0.15, 0.2) is 0 Å². The van der Waals surface area contributed by atoms with Crippen molar-refractivity contribution in [2.75, 3.05) is 6.61 Å². The number of carbonyl (C=O) groups excluding carboxylic acids is 1. The van der Waals surface area contributed by atoms with E-state index in [9.17, 15) is 4.79 Å². The minimum Gasteiger partial charge on any atom is -0.376 e. The molecule has 0 aromatic heterocycles. The van der Waals surface area contributed by atoms with Gasteiger partial charge in [-0.05, 0) is 32.6 Å². The van der Waals surface area contributed by atoms with E-state index in [-0.39, 0.29) is 18.2 Å². The van der Waals surface area contributed by atoms with Crippen molar-refractivity contribution >= 4 is 6.03 Å². The van der Waals surface area contributed by atoms with Gasteiger partial charge in [-0.1, -0.05) is 19.3 Å². The van der Waals surface area contributed by atoms with E-state index in [0.717, 1.165) is 32.3 Å². The first-order valence-corrected chi connectivity index (χ1v) is 6.94. The fraction of sp³-hybridized carbons (Fsp3) is 0.923. The lowest BCUT2D eigenvalue weighted by molar-refractivity contribution is 0.0857. The number of ether oxygens (including phenoxy) is 1. The summed E-state index contributed by atoms with van der Waals surface area (Å²) in [6.07, 6.45) is 8.42. The van der Waals surface area contributed by atoms with Crippen LogP contribution in [-0.4, -0.2) is 30.8 Å². The quantitative estimate of drug-likeness (QED) is 0.794. The third-order valence-corrected chi connectivity index (χ3v) is 3.82. The van der Waals surface area contributed by atoms with Crippen molar-refractivity contribution in [2.24, 2.45) is 0 Å². The Morgan fingerprint density at radius 2 is 1.94 bits per heavy atom. The van der Waals surface area contributed by atoms with Crippen LogP contribution in [0.25, 0.3) is 0 Å². The number of amides is 2.